The second-order valence-corrected chi connectivity index (χ2v) is 6.52. The second-order valence-electron chi connectivity index (χ2n) is 6.52. The van der Waals surface area contributed by atoms with Gasteiger partial charge in [-0.05, 0) is 55.2 Å². The van der Waals surface area contributed by atoms with Gasteiger partial charge in [-0.1, -0.05) is 26.0 Å². The Labute approximate surface area is 128 Å². The number of hydrogen-bond acceptors (Lipinski definition) is 2. The van der Waals surface area contributed by atoms with Gasteiger partial charge in [0.15, 0.2) is 0 Å². The zero-order valence-corrected chi connectivity index (χ0v) is 13.3. The van der Waals surface area contributed by atoms with Crippen LogP contribution in [0.1, 0.15) is 51.0 Å². The summed E-state index contributed by atoms with van der Waals surface area (Å²) in [7, 11) is 0. The molecule has 118 valence electrons. The molecule has 1 saturated carbocycles. The van der Waals surface area contributed by atoms with Gasteiger partial charge in [0.2, 0.25) is 0 Å². The first-order chi connectivity index (χ1) is 10.1. The van der Waals surface area contributed by atoms with Crippen molar-refractivity contribution in [3.63, 3.8) is 0 Å². The topological polar surface area (TPSA) is 21.3 Å². The van der Waals surface area contributed by atoms with E-state index in [9.17, 15) is 4.39 Å². The Balaban J connectivity index is 1.80. The predicted molar refractivity (Wildman–Crippen MR) is 85.1 cm³/mol. The van der Waals surface area contributed by atoms with E-state index < -0.39 is 0 Å². The van der Waals surface area contributed by atoms with Crippen molar-refractivity contribution in [2.45, 2.75) is 51.5 Å². The fourth-order valence-corrected chi connectivity index (χ4v) is 2.39. The number of rotatable bonds is 10. The molecule has 0 aliphatic heterocycles. The molecule has 1 atom stereocenters. The highest BCUT2D eigenvalue weighted by molar-refractivity contribution is 5.21. The van der Waals surface area contributed by atoms with Gasteiger partial charge in [0.1, 0.15) is 5.82 Å². The van der Waals surface area contributed by atoms with Crippen molar-refractivity contribution in [1.29, 1.82) is 0 Å². The van der Waals surface area contributed by atoms with E-state index in [-0.39, 0.29) is 5.82 Å². The van der Waals surface area contributed by atoms with Gasteiger partial charge in [0.05, 0.1) is 0 Å². The van der Waals surface area contributed by atoms with Gasteiger partial charge in [-0.15, -0.1) is 0 Å². The van der Waals surface area contributed by atoms with Crippen LogP contribution < -0.4 is 5.32 Å². The lowest BCUT2D eigenvalue weighted by Gasteiger charge is -2.18. The number of ether oxygens (including phenoxy) is 1. The molecule has 21 heavy (non-hydrogen) atoms. The van der Waals surface area contributed by atoms with E-state index in [0.717, 1.165) is 38.2 Å². The van der Waals surface area contributed by atoms with Crippen LogP contribution in [0.2, 0.25) is 0 Å². The van der Waals surface area contributed by atoms with Gasteiger partial charge in [0.25, 0.3) is 0 Å². The van der Waals surface area contributed by atoms with Crippen LogP contribution in [-0.2, 0) is 4.74 Å². The summed E-state index contributed by atoms with van der Waals surface area (Å²) in [6, 6.07) is 7.68. The monoisotopic (exact) mass is 293 g/mol. The molecular formula is C18H28FNO. The molecule has 0 bridgehead atoms. The van der Waals surface area contributed by atoms with Gasteiger partial charge >= 0.3 is 0 Å². The zero-order valence-electron chi connectivity index (χ0n) is 13.3. The molecule has 1 fully saturated rings. The van der Waals surface area contributed by atoms with Crippen LogP contribution in [0.25, 0.3) is 0 Å². The van der Waals surface area contributed by atoms with Gasteiger partial charge < -0.3 is 10.1 Å². The van der Waals surface area contributed by atoms with Crippen molar-refractivity contribution < 1.29 is 9.13 Å². The molecule has 1 unspecified atom stereocenters. The molecule has 0 radical (unpaired) electrons. The van der Waals surface area contributed by atoms with Crippen molar-refractivity contribution >= 4 is 0 Å². The van der Waals surface area contributed by atoms with E-state index in [2.05, 4.69) is 19.2 Å². The van der Waals surface area contributed by atoms with E-state index >= 15 is 0 Å². The fourth-order valence-electron chi connectivity index (χ4n) is 2.39. The Morgan fingerprint density at radius 1 is 1.24 bits per heavy atom. The Hall–Kier alpha value is -0.930. The maximum atomic E-state index is 13.4. The molecule has 0 heterocycles. The van der Waals surface area contributed by atoms with Gasteiger partial charge in [-0.3, -0.25) is 0 Å². The molecule has 3 heteroatoms. The van der Waals surface area contributed by atoms with Crippen molar-refractivity contribution in [3.8, 4) is 0 Å². The molecule has 1 aliphatic carbocycles. The summed E-state index contributed by atoms with van der Waals surface area (Å²) in [5, 5.41) is 3.56. The Kier molecular flexibility index (Phi) is 6.65. The second kappa shape index (κ2) is 8.50. The third kappa shape index (κ3) is 6.58. The highest BCUT2D eigenvalue weighted by Crippen LogP contribution is 2.24. The number of hydrogen-bond donors (Lipinski definition) is 1. The standard InChI is InChI=1S/C18H28FNO/c1-14(2)8-10-21-11-9-16(13-20-18-6-7-18)15-4-3-5-17(19)12-15/h3-5,12,14,16,18,20H,6-11,13H2,1-2H3. The minimum atomic E-state index is -0.148. The number of nitrogens with one attached hydrogen (secondary N) is 1. The summed E-state index contributed by atoms with van der Waals surface area (Å²) >= 11 is 0. The Morgan fingerprint density at radius 3 is 2.67 bits per heavy atom. The summed E-state index contributed by atoms with van der Waals surface area (Å²) in [4.78, 5) is 0. The first-order valence-corrected chi connectivity index (χ1v) is 8.21. The highest BCUT2D eigenvalue weighted by atomic mass is 19.1. The third-order valence-electron chi connectivity index (χ3n) is 4.00. The Bertz CT molecular complexity index is 417. The lowest BCUT2D eigenvalue weighted by atomic mass is 9.96. The normalized spacial score (nSPS) is 16.4. The van der Waals surface area contributed by atoms with Gasteiger partial charge in [-0.2, -0.15) is 0 Å². The summed E-state index contributed by atoms with van der Waals surface area (Å²) in [5.41, 5.74) is 1.08. The largest absolute Gasteiger partial charge is 0.381 e. The summed E-state index contributed by atoms with van der Waals surface area (Å²) in [6.07, 6.45) is 4.60. The smallest absolute Gasteiger partial charge is 0.123 e. The number of halogens is 1. The van der Waals surface area contributed by atoms with Crippen molar-refractivity contribution in [3.05, 3.63) is 35.6 Å². The zero-order chi connectivity index (χ0) is 15.1. The van der Waals surface area contributed by atoms with Crippen LogP contribution >= 0.6 is 0 Å². The lowest BCUT2D eigenvalue weighted by Crippen LogP contribution is -2.24. The lowest BCUT2D eigenvalue weighted by molar-refractivity contribution is 0.116. The van der Waals surface area contributed by atoms with Crippen molar-refractivity contribution in [1.82, 2.24) is 5.32 Å². The molecule has 2 rings (SSSR count). The molecule has 2 nitrogen and oxygen atoms in total. The van der Waals surface area contributed by atoms with Crippen molar-refractivity contribution in [2.24, 2.45) is 5.92 Å². The molecule has 0 saturated heterocycles. The molecule has 0 spiro atoms. The number of benzene rings is 1. The first kappa shape index (κ1) is 16.4. The van der Waals surface area contributed by atoms with Crippen LogP contribution in [0.4, 0.5) is 4.39 Å². The molecule has 1 aromatic carbocycles. The molecule has 1 aromatic rings. The minimum absolute atomic E-state index is 0.148. The van der Waals surface area contributed by atoms with E-state index in [4.69, 9.17) is 4.74 Å². The van der Waals surface area contributed by atoms with Gasteiger partial charge in [0, 0.05) is 25.8 Å². The van der Waals surface area contributed by atoms with E-state index in [1.807, 2.05) is 6.07 Å². The predicted octanol–water partition coefficient (Wildman–Crippen LogP) is 4.11. The maximum Gasteiger partial charge on any atom is 0.123 e. The van der Waals surface area contributed by atoms with E-state index in [1.165, 1.54) is 18.9 Å². The Morgan fingerprint density at radius 2 is 2.00 bits per heavy atom. The molecule has 0 amide bonds. The van der Waals surface area contributed by atoms with E-state index in [1.54, 1.807) is 12.1 Å². The van der Waals surface area contributed by atoms with Crippen LogP contribution in [0.15, 0.2) is 24.3 Å². The summed E-state index contributed by atoms with van der Waals surface area (Å²) in [5.74, 6) is 0.866. The summed E-state index contributed by atoms with van der Waals surface area (Å²) < 4.78 is 19.1. The van der Waals surface area contributed by atoms with Crippen molar-refractivity contribution in [2.75, 3.05) is 19.8 Å². The van der Waals surface area contributed by atoms with Crippen LogP contribution in [0.3, 0.4) is 0 Å². The highest BCUT2D eigenvalue weighted by Gasteiger charge is 2.22. The first-order valence-electron chi connectivity index (χ1n) is 8.21. The third-order valence-corrected chi connectivity index (χ3v) is 4.00. The quantitative estimate of drug-likeness (QED) is 0.655. The average Bonchev–Trinajstić information content (AvgIpc) is 3.25. The van der Waals surface area contributed by atoms with Crippen LogP contribution in [0, 0.1) is 11.7 Å². The molecule has 1 aliphatic rings. The average molecular weight is 293 g/mol. The fraction of sp³-hybridized carbons (Fsp3) is 0.667. The molecular weight excluding hydrogens is 265 g/mol. The van der Waals surface area contributed by atoms with Crippen LogP contribution in [-0.4, -0.2) is 25.8 Å². The van der Waals surface area contributed by atoms with Crippen LogP contribution in [0.5, 0.6) is 0 Å². The van der Waals surface area contributed by atoms with E-state index in [0.29, 0.717) is 17.9 Å². The maximum absolute atomic E-state index is 13.4. The SMILES string of the molecule is CC(C)CCOCCC(CNC1CC1)c1cccc(F)c1. The molecule has 0 aromatic heterocycles. The molecule has 1 N–H and O–H groups in total. The van der Waals surface area contributed by atoms with Gasteiger partial charge in [-0.25, -0.2) is 4.39 Å². The summed E-state index contributed by atoms with van der Waals surface area (Å²) in [6.45, 7) is 6.91. The minimum Gasteiger partial charge on any atom is -0.381 e.